The first kappa shape index (κ1) is 12.4. The van der Waals surface area contributed by atoms with Crippen LogP contribution < -0.4 is 0 Å². The molecule has 0 saturated heterocycles. The maximum absolute atomic E-state index is 5.95. The van der Waals surface area contributed by atoms with Crippen LogP contribution in [0.25, 0.3) is 11.0 Å². The number of aryl methyl sites for hydroxylation is 1. The van der Waals surface area contributed by atoms with E-state index in [1.165, 1.54) is 0 Å². The molecular formula is C11H11ClN6S. The Morgan fingerprint density at radius 3 is 3.00 bits per heavy atom. The van der Waals surface area contributed by atoms with Gasteiger partial charge in [0.1, 0.15) is 0 Å². The van der Waals surface area contributed by atoms with Gasteiger partial charge in [0.05, 0.1) is 16.3 Å². The normalized spacial score (nSPS) is 13.0. The summed E-state index contributed by atoms with van der Waals surface area (Å²) in [6.07, 6.45) is 0. The molecule has 0 amide bonds. The molecule has 0 aliphatic heterocycles. The molecule has 2 heterocycles. The van der Waals surface area contributed by atoms with E-state index in [1.54, 1.807) is 16.4 Å². The maximum atomic E-state index is 5.95. The number of halogens is 1. The number of H-pyrrole nitrogens is 1. The van der Waals surface area contributed by atoms with E-state index in [0.29, 0.717) is 5.02 Å². The Hall–Kier alpha value is -1.60. The van der Waals surface area contributed by atoms with Gasteiger partial charge in [-0.1, -0.05) is 23.4 Å². The predicted molar refractivity (Wildman–Crippen MR) is 74.2 cm³/mol. The van der Waals surface area contributed by atoms with Crippen LogP contribution in [0.3, 0.4) is 0 Å². The van der Waals surface area contributed by atoms with Gasteiger partial charge in [-0.05, 0) is 35.5 Å². The van der Waals surface area contributed by atoms with Gasteiger partial charge in [-0.25, -0.2) is 9.67 Å². The van der Waals surface area contributed by atoms with Crippen molar-refractivity contribution in [2.45, 2.75) is 17.3 Å². The molecule has 0 bridgehead atoms. The van der Waals surface area contributed by atoms with Gasteiger partial charge in [-0.3, -0.25) is 0 Å². The Morgan fingerprint density at radius 1 is 1.42 bits per heavy atom. The predicted octanol–water partition coefficient (Wildman–Crippen LogP) is 2.59. The maximum Gasteiger partial charge on any atom is 0.167 e. The van der Waals surface area contributed by atoms with Gasteiger partial charge < -0.3 is 4.98 Å². The number of imidazole rings is 1. The quantitative estimate of drug-likeness (QED) is 0.752. The number of nitrogens with zero attached hydrogens (tertiary/aromatic N) is 5. The molecule has 0 aliphatic carbocycles. The molecule has 3 rings (SSSR count). The Balaban J connectivity index is 1.87. The minimum atomic E-state index is 0.107. The van der Waals surface area contributed by atoms with Crippen LogP contribution in [0.5, 0.6) is 0 Å². The van der Waals surface area contributed by atoms with Crippen molar-refractivity contribution < 1.29 is 0 Å². The van der Waals surface area contributed by atoms with E-state index in [4.69, 9.17) is 11.6 Å². The minimum absolute atomic E-state index is 0.107. The van der Waals surface area contributed by atoms with E-state index in [1.807, 2.05) is 32.2 Å². The van der Waals surface area contributed by atoms with E-state index in [-0.39, 0.29) is 5.25 Å². The third-order valence-corrected chi connectivity index (χ3v) is 3.94. The highest BCUT2D eigenvalue weighted by Gasteiger charge is 2.16. The summed E-state index contributed by atoms with van der Waals surface area (Å²) in [7, 11) is 1.82. The van der Waals surface area contributed by atoms with Gasteiger partial charge in [0, 0.05) is 12.1 Å². The zero-order valence-corrected chi connectivity index (χ0v) is 11.9. The van der Waals surface area contributed by atoms with Gasteiger partial charge in [-0.15, -0.1) is 5.10 Å². The largest absolute Gasteiger partial charge is 0.333 e. The molecule has 1 N–H and O–H groups in total. The molecule has 98 valence electrons. The lowest BCUT2D eigenvalue weighted by molar-refractivity contribution is 0.678. The third kappa shape index (κ3) is 2.43. The smallest absolute Gasteiger partial charge is 0.167 e. The van der Waals surface area contributed by atoms with Gasteiger partial charge in [0.25, 0.3) is 0 Å². The fraction of sp³-hybridized carbons (Fsp3) is 0.273. The molecular weight excluding hydrogens is 284 g/mol. The number of nitrogens with one attached hydrogen (secondary N) is 1. The highest BCUT2D eigenvalue weighted by molar-refractivity contribution is 7.99. The van der Waals surface area contributed by atoms with Crippen LogP contribution in [0.1, 0.15) is 18.0 Å². The fourth-order valence-electron chi connectivity index (χ4n) is 1.82. The second-order valence-electron chi connectivity index (χ2n) is 4.12. The van der Waals surface area contributed by atoms with Crippen molar-refractivity contribution in [3.8, 4) is 0 Å². The minimum Gasteiger partial charge on any atom is -0.333 e. The first-order valence-electron chi connectivity index (χ1n) is 5.67. The fourth-order valence-corrected chi connectivity index (χ4v) is 2.95. The number of hydrogen-bond donors (Lipinski definition) is 1. The van der Waals surface area contributed by atoms with Crippen molar-refractivity contribution in [3.05, 3.63) is 29.0 Å². The Bertz CT molecular complexity index is 721. The SMILES string of the molecule is CC(Sc1nc2ccc(Cl)cc2[nH]1)c1nnnn1C. The van der Waals surface area contributed by atoms with Crippen LogP contribution >= 0.6 is 23.4 Å². The van der Waals surface area contributed by atoms with Crippen molar-refractivity contribution in [2.75, 3.05) is 0 Å². The number of fused-ring (bicyclic) bond motifs is 1. The van der Waals surface area contributed by atoms with Crippen LogP contribution in [0.15, 0.2) is 23.4 Å². The number of rotatable bonds is 3. The van der Waals surface area contributed by atoms with Crippen LogP contribution in [-0.4, -0.2) is 30.2 Å². The van der Waals surface area contributed by atoms with Gasteiger partial charge >= 0.3 is 0 Å². The van der Waals surface area contributed by atoms with Crippen molar-refractivity contribution in [1.29, 1.82) is 0 Å². The monoisotopic (exact) mass is 294 g/mol. The van der Waals surface area contributed by atoms with Crippen molar-refractivity contribution in [3.63, 3.8) is 0 Å². The Morgan fingerprint density at radius 2 is 2.26 bits per heavy atom. The average molecular weight is 295 g/mol. The summed E-state index contributed by atoms with van der Waals surface area (Å²) < 4.78 is 1.66. The van der Waals surface area contributed by atoms with E-state index < -0.39 is 0 Å². The van der Waals surface area contributed by atoms with Gasteiger partial charge in [0.15, 0.2) is 11.0 Å². The molecule has 0 aliphatic rings. The molecule has 0 radical (unpaired) electrons. The number of hydrogen-bond acceptors (Lipinski definition) is 5. The van der Waals surface area contributed by atoms with Crippen molar-refractivity contribution in [1.82, 2.24) is 30.2 Å². The van der Waals surface area contributed by atoms with E-state index in [9.17, 15) is 0 Å². The summed E-state index contributed by atoms with van der Waals surface area (Å²) in [5, 5.41) is 13.1. The molecule has 6 nitrogen and oxygen atoms in total. The zero-order chi connectivity index (χ0) is 13.4. The standard InChI is InChI=1S/C11H11ClN6S/c1-6(10-15-16-17-18(10)2)19-11-13-8-4-3-7(12)5-9(8)14-11/h3-6H,1-2H3,(H,13,14). The lowest BCUT2D eigenvalue weighted by Crippen LogP contribution is -2.01. The second-order valence-corrected chi connectivity index (χ2v) is 5.89. The lowest BCUT2D eigenvalue weighted by atomic mass is 10.3. The summed E-state index contributed by atoms with van der Waals surface area (Å²) in [6.45, 7) is 2.04. The second kappa shape index (κ2) is 4.82. The first-order chi connectivity index (χ1) is 9.13. The number of thioether (sulfide) groups is 1. The summed E-state index contributed by atoms with van der Waals surface area (Å²) in [5.74, 6) is 0.809. The zero-order valence-electron chi connectivity index (χ0n) is 10.3. The van der Waals surface area contributed by atoms with E-state index >= 15 is 0 Å². The summed E-state index contributed by atoms with van der Waals surface area (Å²) in [6, 6.07) is 5.59. The lowest BCUT2D eigenvalue weighted by Gasteiger charge is -2.06. The number of aromatic nitrogens is 6. The van der Waals surface area contributed by atoms with Crippen LogP contribution in [0, 0.1) is 0 Å². The molecule has 8 heteroatoms. The molecule has 1 unspecified atom stereocenters. The first-order valence-corrected chi connectivity index (χ1v) is 6.93. The Labute approximate surface area is 118 Å². The van der Waals surface area contributed by atoms with Crippen molar-refractivity contribution in [2.24, 2.45) is 7.05 Å². The van der Waals surface area contributed by atoms with Crippen LogP contribution in [0.4, 0.5) is 0 Å². The van der Waals surface area contributed by atoms with Crippen LogP contribution in [0.2, 0.25) is 5.02 Å². The average Bonchev–Trinajstić information content (AvgIpc) is 2.94. The molecule has 2 aromatic heterocycles. The van der Waals surface area contributed by atoms with Gasteiger partial charge in [0.2, 0.25) is 0 Å². The molecule has 0 spiro atoms. The van der Waals surface area contributed by atoms with Crippen molar-refractivity contribution >= 4 is 34.4 Å². The topological polar surface area (TPSA) is 72.3 Å². The highest BCUT2D eigenvalue weighted by Crippen LogP contribution is 2.32. The molecule has 1 atom stereocenters. The molecule has 3 aromatic rings. The molecule has 0 fully saturated rings. The third-order valence-electron chi connectivity index (χ3n) is 2.73. The molecule has 0 saturated carbocycles. The number of aromatic amines is 1. The van der Waals surface area contributed by atoms with E-state index in [2.05, 4.69) is 25.5 Å². The summed E-state index contributed by atoms with van der Waals surface area (Å²) in [5.41, 5.74) is 1.83. The summed E-state index contributed by atoms with van der Waals surface area (Å²) in [4.78, 5) is 7.74. The number of benzene rings is 1. The molecule has 19 heavy (non-hydrogen) atoms. The summed E-state index contributed by atoms with van der Waals surface area (Å²) >= 11 is 7.53. The Kier molecular flexibility index (Phi) is 3.16. The van der Waals surface area contributed by atoms with Gasteiger partial charge in [-0.2, -0.15) is 0 Å². The van der Waals surface area contributed by atoms with E-state index in [0.717, 1.165) is 22.0 Å². The highest BCUT2D eigenvalue weighted by atomic mass is 35.5. The molecule has 1 aromatic carbocycles. The number of tetrazole rings is 1. The van der Waals surface area contributed by atoms with Crippen LogP contribution in [-0.2, 0) is 7.05 Å².